The number of nitrogens with zero attached hydrogens (tertiary/aromatic N) is 1. The van der Waals surface area contributed by atoms with Crippen LogP contribution in [0.25, 0.3) is 0 Å². The summed E-state index contributed by atoms with van der Waals surface area (Å²) in [6.07, 6.45) is 5.52. The first-order chi connectivity index (χ1) is 8.19. The Morgan fingerprint density at radius 2 is 1.71 bits per heavy atom. The summed E-state index contributed by atoms with van der Waals surface area (Å²) < 4.78 is 0. The summed E-state index contributed by atoms with van der Waals surface area (Å²) in [4.78, 5) is 2.55. The number of hydrogen-bond acceptors (Lipinski definition) is 2. The molecule has 0 aromatic heterocycles. The highest BCUT2D eigenvalue weighted by Gasteiger charge is 2.26. The van der Waals surface area contributed by atoms with Crippen LogP contribution in [0.1, 0.15) is 53.4 Å². The second-order valence-corrected chi connectivity index (χ2v) is 5.80. The largest absolute Gasteiger partial charge is 0.312 e. The Morgan fingerprint density at radius 1 is 1.06 bits per heavy atom. The van der Waals surface area contributed by atoms with E-state index in [0.717, 1.165) is 24.4 Å². The molecule has 0 radical (unpaired) electrons. The van der Waals surface area contributed by atoms with Crippen molar-refractivity contribution >= 4 is 0 Å². The van der Waals surface area contributed by atoms with Gasteiger partial charge in [0.25, 0.3) is 0 Å². The SMILES string of the molecule is CCCN(CC)CCNC1C(C)CCCC1C. The molecule has 0 bridgehead atoms. The Kier molecular flexibility index (Phi) is 7.14. The molecular weight excluding hydrogens is 208 g/mol. The first-order valence-corrected chi connectivity index (χ1v) is 7.64. The van der Waals surface area contributed by atoms with E-state index < -0.39 is 0 Å². The lowest BCUT2D eigenvalue weighted by Gasteiger charge is -2.36. The lowest BCUT2D eigenvalue weighted by molar-refractivity contribution is 0.197. The molecule has 2 atom stereocenters. The molecule has 2 unspecified atom stereocenters. The van der Waals surface area contributed by atoms with Crippen molar-refractivity contribution in [2.24, 2.45) is 11.8 Å². The number of nitrogens with one attached hydrogen (secondary N) is 1. The zero-order chi connectivity index (χ0) is 12.7. The van der Waals surface area contributed by atoms with Gasteiger partial charge in [0.1, 0.15) is 0 Å². The van der Waals surface area contributed by atoms with E-state index >= 15 is 0 Å². The zero-order valence-corrected chi connectivity index (χ0v) is 12.3. The minimum absolute atomic E-state index is 0.754. The molecule has 102 valence electrons. The first-order valence-electron chi connectivity index (χ1n) is 7.64. The molecule has 1 aliphatic carbocycles. The molecule has 2 heteroatoms. The maximum atomic E-state index is 3.80. The van der Waals surface area contributed by atoms with Crippen molar-refractivity contribution in [3.63, 3.8) is 0 Å². The maximum absolute atomic E-state index is 3.80. The Morgan fingerprint density at radius 3 is 2.24 bits per heavy atom. The van der Waals surface area contributed by atoms with Gasteiger partial charge in [-0.1, -0.05) is 34.1 Å². The monoisotopic (exact) mass is 240 g/mol. The van der Waals surface area contributed by atoms with E-state index in [-0.39, 0.29) is 0 Å². The van der Waals surface area contributed by atoms with Crippen LogP contribution in [0.4, 0.5) is 0 Å². The Bertz CT molecular complexity index is 183. The third-order valence-electron chi connectivity index (χ3n) is 4.34. The quantitative estimate of drug-likeness (QED) is 0.735. The van der Waals surface area contributed by atoms with Gasteiger partial charge in [0.15, 0.2) is 0 Å². The predicted octanol–water partition coefficient (Wildman–Crippen LogP) is 3.13. The van der Waals surface area contributed by atoms with Crippen molar-refractivity contribution in [1.29, 1.82) is 0 Å². The van der Waals surface area contributed by atoms with Crippen molar-refractivity contribution < 1.29 is 0 Å². The van der Waals surface area contributed by atoms with E-state index in [4.69, 9.17) is 0 Å². The molecule has 1 aliphatic rings. The molecule has 0 aliphatic heterocycles. The van der Waals surface area contributed by atoms with Crippen molar-refractivity contribution in [3.05, 3.63) is 0 Å². The smallest absolute Gasteiger partial charge is 0.0119 e. The highest BCUT2D eigenvalue weighted by atomic mass is 15.1. The standard InChI is InChI=1S/C15H32N2/c1-5-11-17(6-2)12-10-16-15-13(3)8-7-9-14(15)4/h13-16H,5-12H2,1-4H3. The van der Waals surface area contributed by atoms with Gasteiger partial charge < -0.3 is 10.2 Å². The molecule has 1 saturated carbocycles. The molecule has 0 amide bonds. The van der Waals surface area contributed by atoms with Crippen LogP contribution < -0.4 is 5.32 Å². The summed E-state index contributed by atoms with van der Waals surface area (Å²) in [5.74, 6) is 1.72. The van der Waals surface area contributed by atoms with Gasteiger partial charge in [-0.2, -0.15) is 0 Å². The third-order valence-corrected chi connectivity index (χ3v) is 4.34. The average Bonchev–Trinajstić information content (AvgIpc) is 2.31. The fourth-order valence-electron chi connectivity index (χ4n) is 3.22. The van der Waals surface area contributed by atoms with Crippen molar-refractivity contribution in [3.8, 4) is 0 Å². The van der Waals surface area contributed by atoms with E-state index in [0.29, 0.717) is 0 Å². The topological polar surface area (TPSA) is 15.3 Å². The second kappa shape index (κ2) is 8.10. The minimum atomic E-state index is 0.754. The van der Waals surface area contributed by atoms with Crippen molar-refractivity contribution in [1.82, 2.24) is 10.2 Å². The van der Waals surface area contributed by atoms with Gasteiger partial charge in [0.05, 0.1) is 0 Å². The first kappa shape index (κ1) is 15.0. The van der Waals surface area contributed by atoms with Gasteiger partial charge in [0, 0.05) is 19.1 Å². The molecule has 17 heavy (non-hydrogen) atoms. The van der Waals surface area contributed by atoms with Crippen LogP contribution in [0.2, 0.25) is 0 Å². The zero-order valence-electron chi connectivity index (χ0n) is 12.3. The highest BCUT2D eigenvalue weighted by molar-refractivity contribution is 4.83. The van der Waals surface area contributed by atoms with Crippen LogP contribution in [0, 0.1) is 11.8 Å². The highest BCUT2D eigenvalue weighted by Crippen LogP contribution is 2.28. The van der Waals surface area contributed by atoms with Crippen LogP contribution in [0.5, 0.6) is 0 Å². The molecule has 2 nitrogen and oxygen atoms in total. The van der Waals surface area contributed by atoms with E-state index in [2.05, 4.69) is 37.9 Å². The van der Waals surface area contributed by atoms with E-state index in [1.807, 2.05) is 0 Å². The molecule has 0 heterocycles. The summed E-state index contributed by atoms with van der Waals surface area (Å²) >= 11 is 0. The van der Waals surface area contributed by atoms with Gasteiger partial charge in [-0.05, 0) is 44.2 Å². The summed E-state index contributed by atoms with van der Waals surface area (Å²) in [7, 11) is 0. The molecule has 0 aromatic carbocycles. The number of likely N-dealkylation sites (N-methyl/N-ethyl adjacent to an activating group) is 1. The van der Waals surface area contributed by atoms with E-state index in [1.165, 1.54) is 45.3 Å². The van der Waals surface area contributed by atoms with E-state index in [9.17, 15) is 0 Å². The molecule has 0 spiro atoms. The Hall–Kier alpha value is -0.0800. The number of hydrogen-bond donors (Lipinski definition) is 1. The lowest BCUT2D eigenvalue weighted by atomic mass is 9.79. The van der Waals surface area contributed by atoms with Gasteiger partial charge in [0.2, 0.25) is 0 Å². The van der Waals surface area contributed by atoms with Gasteiger partial charge in [-0.15, -0.1) is 0 Å². The van der Waals surface area contributed by atoms with Crippen molar-refractivity contribution in [2.45, 2.75) is 59.4 Å². The summed E-state index contributed by atoms with van der Waals surface area (Å²) in [6.45, 7) is 14.2. The normalized spacial score (nSPS) is 29.8. The lowest BCUT2D eigenvalue weighted by Crippen LogP contribution is -2.45. The molecule has 1 rings (SSSR count). The fraction of sp³-hybridized carbons (Fsp3) is 1.00. The van der Waals surface area contributed by atoms with Crippen LogP contribution in [-0.4, -0.2) is 37.1 Å². The summed E-state index contributed by atoms with van der Waals surface area (Å²) in [5.41, 5.74) is 0. The predicted molar refractivity (Wildman–Crippen MR) is 76.4 cm³/mol. The Labute approximate surface area is 108 Å². The Balaban J connectivity index is 2.24. The van der Waals surface area contributed by atoms with Crippen LogP contribution >= 0.6 is 0 Å². The third kappa shape index (κ3) is 4.97. The van der Waals surface area contributed by atoms with Crippen LogP contribution in [0.15, 0.2) is 0 Å². The van der Waals surface area contributed by atoms with Gasteiger partial charge in [-0.3, -0.25) is 0 Å². The molecule has 0 saturated heterocycles. The maximum Gasteiger partial charge on any atom is 0.0119 e. The minimum Gasteiger partial charge on any atom is -0.312 e. The molecule has 1 N–H and O–H groups in total. The van der Waals surface area contributed by atoms with Gasteiger partial charge >= 0.3 is 0 Å². The number of rotatable bonds is 7. The van der Waals surface area contributed by atoms with Crippen LogP contribution in [-0.2, 0) is 0 Å². The summed E-state index contributed by atoms with van der Waals surface area (Å²) in [6, 6.07) is 0.754. The average molecular weight is 240 g/mol. The van der Waals surface area contributed by atoms with Crippen LogP contribution in [0.3, 0.4) is 0 Å². The van der Waals surface area contributed by atoms with Gasteiger partial charge in [-0.25, -0.2) is 0 Å². The fourth-order valence-corrected chi connectivity index (χ4v) is 3.22. The summed E-state index contributed by atoms with van der Waals surface area (Å²) in [5, 5.41) is 3.80. The molecule has 0 aromatic rings. The molecule has 1 fully saturated rings. The molecular formula is C15H32N2. The van der Waals surface area contributed by atoms with E-state index in [1.54, 1.807) is 0 Å². The van der Waals surface area contributed by atoms with Crippen molar-refractivity contribution in [2.75, 3.05) is 26.2 Å². The second-order valence-electron chi connectivity index (χ2n) is 5.80.